The van der Waals surface area contributed by atoms with Crippen LogP contribution in [0.2, 0.25) is 0 Å². The molecule has 0 spiro atoms. The number of benzene rings is 2. The number of nitrogens with one attached hydrogen (secondary N) is 1. The van der Waals surface area contributed by atoms with Crippen molar-refractivity contribution in [3.05, 3.63) is 71.6 Å². The van der Waals surface area contributed by atoms with E-state index in [-0.39, 0.29) is 11.9 Å². The standard InChI is InChI=1S/C26H33N3O2/c1-17(2)21-13-12-19(5)16-24(21)31-15-9-14-29-23-11-8-7-10-22(23)28-25(29)20(6)27-26(30)18(3)4/h7-8,10-13,16-17,20H,3,9,14-15H2,1-2,4-6H3,(H,27,30). The second-order valence-electron chi connectivity index (χ2n) is 8.48. The summed E-state index contributed by atoms with van der Waals surface area (Å²) in [6, 6.07) is 14.2. The van der Waals surface area contributed by atoms with Crippen molar-refractivity contribution in [3.8, 4) is 5.75 Å². The van der Waals surface area contributed by atoms with E-state index in [4.69, 9.17) is 9.72 Å². The highest BCUT2D eigenvalue weighted by atomic mass is 16.5. The molecule has 0 aliphatic heterocycles. The zero-order valence-corrected chi connectivity index (χ0v) is 19.2. The highest BCUT2D eigenvalue weighted by molar-refractivity contribution is 5.92. The summed E-state index contributed by atoms with van der Waals surface area (Å²) in [5, 5.41) is 2.99. The Balaban J connectivity index is 1.75. The lowest BCUT2D eigenvalue weighted by Crippen LogP contribution is -2.29. The first-order valence-corrected chi connectivity index (χ1v) is 10.9. The summed E-state index contributed by atoms with van der Waals surface area (Å²) in [7, 11) is 0. The van der Waals surface area contributed by atoms with Crippen molar-refractivity contribution in [2.75, 3.05) is 6.61 Å². The van der Waals surface area contributed by atoms with Gasteiger partial charge in [0, 0.05) is 12.1 Å². The van der Waals surface area contributed by atoms with Gasteiger partial charge in [-0.1, -0.05) is 44.7 Å². The number of rotatable bonds is 9. The molecule has 1 heterocycles. The molecule has 0 bridgehead atoms. The number of imidazole rings is 1. The Kier molecular flexibility index (Phi) is 7.16. The molecular formula is C26H33N3O2. The zero-order chi connectivity index (χ0) is 22.5. The molecule has 2 aromatic carbocycles. The van der Waals surface area contributed by atoms with Gasteiger partial charge in [-0.3, -0.25) is 4.79 Å². The van der Waals surface area contributed by atoms with Crippen LogP contribution in [-0.2, 0) is 11.3 Å². The third-order valence-electron chi connectivity index (χ3n) is 5.38. The molecule has 1 unspecified atom stereocenters. The fraction of sp³-hybridized carbons (Fsp3) is 0.385. The van der Waals surface area contributed by atoms with E-state index in [9.17, 15) is 4.79 Å². The highest BCUT2D eigenvalue weighted by Crippen LogP contribution is 2.28. The van der Waals surface area contributed by atoms with Gasteiger partial charge in [-0.15, -0.1) is 0 Å². The van der Waals surface area contributed by atoms with Gasteiger partial charge in [0.2, 0.25) is 5.91 Å². The molecule has 1 atom stereocenters. The maximum absolute atomic E-state index is 12.1. The normalized spacial score (nSPS) is 12.2. The van der Waals surface area contributed by atoms with Crippen LogP contribution in [-0.4, -0.2) is 22.1 Å². The quantitative estimate of drug-likeness (QED) is 0.358. The average Bonchev–Trinajstić information content (AvgIpc) is 3.09. The summed E-state index contributed by atoms with van der Waals surface area (Å²) in [6.45, 7) is 15.2. The molecule has 0 aliphatic rings. The van der Waals surface area contributed by atoms with E-state index in [0.717, 1.165) is 35.6 Å². The number of aromatic nitrogens is 2. The van der Waals surface area contributed by atoms with Gasteiger partial charge in [-0.2, -0.15) is 0 Å². The molecule has 1 amide bonds. The lowest BCUT2D eigenvalue weighted by molar-refractivity contribution is -0.118. The summed E-state index contributed by atoms with van der Waals surface area (Å²) >= 11 is 0. The molecule has 0 fully saturated rings. The average molecular weight is 420 g/mol. The SMILES string of the molecule is C=C(C)C(=O)NC(C)c1nc2ccccc2n1CCCOc1cc(C)ccc1C(C)C. The number of hydrogen-bond donors (Lipinski definition) is 1. The second-order valence-corrected chi connectivity index (χ2v) is 8.48. The monoisotopic (exact) mass is 419 g/mol. The number of amides is 1. The van der Waals surface area contributed by atoms with Crippen molar-refractivity contribution in [2.45, 2.75) is 59.5 Å². The predicted octanol–water partition coefficient (Wildman–Crippen LogP) is 5.69. The first kappa shape index (κ1) is 22.6. The van der Waals surface area contributed by atoms with Crippen LogP contribution in [0.4, 0.5) is 0 Å². The summed E-state index contributed by atoms with van der Waals surface area (Å²) in [5.74, 6) is 2.06. The third kappa shape index (κ3) is 5.35. The molecule has 164 valence electrons. The van der Waals surface area contributed by atoms with E-state index >= 15 is 0 Å². The van der Waals surface area contributed by atoms with E-state index in [1.165, 1.54) is 11.1 Å². The highest BCUT2D eigenvalue weighted by Gasteiger charge is 2.18. The van der Waals surface area contributed by atoms with E-state index < -0.39 is 0 Å². The van der Waals surface area contributed by atoms with Crippen molar-refractivity contribution in [1.29, 1.82) is 0 Å². The van der Waals surface area contributed by atoms with E-state index in [1.807, 2.05) is 25.1 Å². The molecule has 1 aromatic heterocycles. The predicted molar refractivity (Wildman–Crippen MR) is 126 cm³/mol. The van der Waals surface area contributed by atoms with Crippen LogP contribution in [0.15, 0.2) is 54.6 Å². The first-order chi connectivity index (χ1) is 14.8. The number of fused-ring (bicyclic) bond motifs is 1. The van der Waals surface area contributed by atoms with Gasteiger partial charge in [0.1, 0.15) is 11.6 Å². The Labute approximate surface area is 185 Å². The Hall–Kier alpha value is -3.08. The van der Waals surface area contributed by atoms with Gasteiger partial charge in [-0.25, -0.2) is 4.98 Å². The fourth-order valence-electron chi connectivity index (χ4n) is 3.69. The van der Waals surface area contributed by atoms with E-state index in [0.29, 0.717) is 18.1 Å². The molecule has 3 aromatic rings. The molecule has 5 nitrogen and oxygen atoms in total. The van der Waals surface area contributed by atoms with Crippen LogP contribution < -0.4 is 10.1 Å². The molecule has 1 N–H and O–H groups in total. The van der Waals surface area contributed by atoms with Crippen molar-refractivity contribution in [1.82, 2.24) is 14.9 Å². The molecule has 0 saturated heterocycles. The van der Waals surface area contributed by atoms with Crippen LogP contribution >= 0.6 is 0 Å². The summed E-state index contributed by atoms with van der Waals surface area (Å²) in [6.07, 6.45) is 0.833. The summed E-state index contributed by atoms with van der Waals surface area (Å²) in [5.41, 5.74) is 4.91. The fourth-order valence-corrected chi connectivity index (χ4v) is 3.69. The molecule has 0 radical (unpaired) electrons. The lowest BCUT2D eigenvalue weighted by Gasteiger charge is -2.17. The van der Waals surface area contributed by atoms with Crippen molar-refractivity contribution >= 4 is 16.9 Å². The van der Waals surface area contributed by atoms with Gasteiger partial charge in [0.05, 0.1) is 23.7 Å². The van der Waals surface area contributed by atoms with Crippen LogP contribution in [0.25, 0.3) is 11.0 Å². The largest absolute Gasteiger partial charge is 0.493 e. The third-order valence-corrected chi connectivity index (χ3v) is 5.38. The minimum Gasteiger partial charge on any atom is -0.493 e. The zero-order valence-electron chi connectivity index (χ0n) is 19.2. The van der Waals surface area contributed by atoms with Crippen molar-refractivity contribution < 1.29 is 9.53 Å². The van der Waals surface area contributed by atoms with Crippen LogP contribution in [0.1, 0.15) is 63.0 Å². The Morgan fingerprint density at radius 2 is 1.94 bits per heavy atom. The Morgan fingerprint density at radius 3 is 2.65 bits per heavy atom. The molecule has 31 heavy (non-hydrogen) atoms. The summed E-state index contributed by atoms with van der Waals surface area (Å²) < 4.78 is 8.35. The Bertz CT molecular complexity index is 1080. The Morgan fingerprint density at radius 1 is 1.19 bits per heavy atom. The smallest absolute Gasteiger partial charge is 0.246 e. The molecule has 0 aliphatic carbocycles. The number of carbonyl (C=O) groups excluding carboxylic acids is 1. The van der Waals surface area contributed by atoms with Crippen LogP contribution in [0.5, 0.6) is 5.75 Å². The van der Waals surface area contributed by atoms with Gasteiger partial charge < -0.3 is 14.6 Å². The second kappa shape index (κ2) is 9.82. The number of carbonyl (C=O) groups is 1. The van der Waals surface area contributed by atoms with Crippen LogP contribution in [0.3, 0.4) is 0 Å². The number of aryl methyl sites for hydroxylation is 2. The number of hydrogen-bond acceptors (Lipinski definition) is 3. The lowest BCUT2D eigenvalue weighted by atomic mass is 10.0. The number of nitrogens with zero attached hydrogens (tertiary/aromatic N) is 2. The van der Waals surface area contributed by atoms with Crippen molar-refractivity contribution in [3.63, 3.8) is 0 Å². The number of ether oxygens (including phenoxy) is 1. The van der Waals surface area contributed by atoms with Gasteiger partial charge in [-0.05, 0) is 62.4 Å². The topological polar surface area (TPSA) is 56.2 Å². The van der Waals surface area contributed by atoms with E-state index in [1.54, 1.807) is 6.92 Å². The maximum Gasteiger partial charge on any atom is 0.246 e. The first-order valence-electron chi connectivity index (χ1n) is 10.9. The molecule has 5 heteroatoms. The summed E-state index contributed by atoms with van der Waals surface area (Å²) in [4.78, 5) is 16.9. The van der Waals surface area contributed by atoms with Gasteiger partial charge >= 0.3 is 0 Å². The van der Waals surface area contributed by atoms with Crippen LogP contribution in [0, 0.1) is 6.92 Å². The van der Waals surface area contributed by atoms with Gasteiger partial charge in [0.25, 0.3) is 0 Å². The maximum atomic E-state index is 12.1. The minimum atomic E-state index is -0.221. The number of para-hydroxylation sites is 2. The van der Waals surface area contributed by atoms with E-state index in [2.05, 4.69) is 61.5 Å². The van der Waals surface area contributed by atoms with Gasteiger partial charge in [0.15, 0.2) is 0 Å². The molecule has 0 saturated carbocycles. The minimum absolute atomic E-state index is 0.157. The van der Waals surface area contributed by atoms with Crippen molar-refractivity contribution in [2.24, 2.45) is 0 Å². The molecular weight excluding hydrogens is 386 g/mol. The molecule has 3 rings (SSSR count).